The maximum Gasteiger partial charge on any atom is 0.326 e. The number of halogens is 2. The van der Waals surface area contributed by atoms with Gasteiger partial charge in [-0.2, -0.15) is 0 Å². The summed E-state index contributed by atoms with van der Waals surface area (Å²) in [6, 6.07) is 4.96. The molecule has 2 aliphatic rings. The van der Waals surface area contributed by atoms with E-state index < -0.39 is 12.0 Å². The van der Waals surface area contributed by atoms with Crippen molar-refractivity contribution >= 4 is 45.9 Å². The third-order valence-electron chi connectivity index (χ3n) is 5.32. The van der Waals surface area contributed by atoms with Gasteiger partial charge in [-0.3, -0.25) is 0 Å². The van der Waals surface area contributed by atoms with Gasteiger partial charge in [-0.25, -0.2) is 14.8 Å². The van der Waals surface area contributed by atoms with Gasteiger partial charge in [0.1, 0.15) is 11.9 Å². The molecule has 1 aromatic carbocycles. The Hall–Kier alpha value is -2.31. The Morgan fingerprint density at radius 2 is 2.15 bits per heavy atom. The first kappa shape index (κ1) is 15.9. The van der Waals surface area contributed by atoms with E-state index >= 15 is 0 Å². The molecule has 1 saturated heterocycles. The highest BCUT2D eigenvalue weighted by Gasteiger charge is 2.56. The number of aliphatic carboxylic acids is 1. The van der Waals surface area contributed by atoms with Crippen molar-refractivity contribution in [2.75, 3.05) is 11.4 Å². The number of anilines is 1. The van der Waals surface area contributed by atoms with Crippen LogP contribution in [-0.2, 0) is 4.79 Å². The summed E-state index contributed by atoms with van der Waals surface area (Å²) in [5.74, 6) is 0.430. The molecule has 1 aliphatic heterocycles. The maximum absolute atomic E-state index is 11.8. The van der Waals surface area contributed by atoms with Crippen LogP contribution in [0.2, 0.25) is 10.0 Å². The molecule has 3 heterocycles. The standard InChI is InChI=1S/C18H14Cl2N4O2/c19-12-2-1-10-13(23-4-3-21-8-23)6-14(22-16(10)15(12)20)24-7-9-5-11(9)17(24)18(25)26/h1-4,6,8-9,11,17H,5,7H2,(H,25,26)/t9-,11-,17-/m0/s1. The Labute approximate surface area is 159 Å². The van der Waals surface area contributed by atoms with Crippen molar-refractivity contribution in [3.05, 3.63) is 47.0 Å². The second kappa shape index (κ2) is 5.59. The monoisotopic (exact) mass is 388 g/mol. The number of imidazole rings is 1. The van der Waals surface area contributed by atoms with Crippen molar-refractivity contribution in [2.24, 2.45) is 11.8 Å². The summed E-state index contributed by atoms with van der Waals surface area (Å²) >= 11 is 12.6. The zero-order chi connectivity index (χ0) is 18.0. The lowest BCUT2D eigenvalue weighted by Gasteiger charge is -2.26. The molecule has 2 fully saturated rings. The van der Waals surface area contributed by atoms with Crippen molar-refractivity contribution in [3.8, 4) is 5.69 Å². The van der Waals surface area contributed by atoms with E-state index in [0.717, 1.165) is 17.5 Å². The highest BCUT2D eigenvalue weighted by atomic mass is 35.5. The summed E-state index contributed by atoms with van der Waals surface area (Å²) in [6.45, 7) is 0.696. The van der Waals surface area contributed by atoms with Crippen molar-refractivity contribution in [3.63, 3.8) is 0 Å². The summed E-state index contributed by atoms with van der Waals surface area (Å²) in [6.07, 6.45) is 6.19. The largest absolute Gasteiger partial charge is 0.480 e. The van der Waals surface area contributed by atoms with Crippen LogP contribution >= 0.6 is 23.2 Å². The SMILES string of the molecule is O=C(O)[C@@H]1[C@H]2C[C@H]2CN1c1cc(-n2ccnc2)c2ccc(Cl)c(Cl)c2n1. The molecule has 5 rings (SSSR count). The second-order valence-corrected chi connectivity index (χ2v) is 7.61. The van der Waals surface area contributed by atoms with E-state index in [-0.39, 0.29) is 5.92 Å². The van der Waals surface area contributed by atoms with Gasteiger partial charge in [0, 0.05) is 30.4 Å². The summed E-state index contributed by atoms with van der Waals surface area (Å²) in [5.41, 5.74) is 1.40. The van der Waals surface area contributed by atoms with E-state index in [2.05, 4.69) is 9.97 Å². The third-order valence-corrected chi connectivity index (χ3v) is 6.11. The number of hydrogen-bond donors (Lipinski definition) is 1. The lowest BCUT2D eigenvalue weighted by atomic mass is 10.1. The van der Waals surface area contributed by atoms with Crippen LogP contribution in [-0.4, -0.2) is 38.2 Å². The van der Waals surface area contributed by atoms with Crippen molar-refractivity contribution < 1.29 is 9.90 Å². The summed E-state index contributed by atoms with van der Waals surface area (Å²) in [7, 11) is 0. The normalized spacial score (nSPS) is 24.1. The van der Waals surface area contributed by atoms with E-state index in [4.69, 9.17) is 23.2 Å². The number of rotatable bonds is 3. The van der Waals surface area contributed by atoms with Crippen LogP contribution in [0.4, 0.5) is 5.82 Å². The fourth-order valence-electron chi connectivity index (χ4n) is 3.98. The van der Waals surface area contributed by atoms with Crippen LogP contribution in [0.15, 0.2) is 36.9 Å². The van der Waals surface area contributed by atoms with Crippen LogP contribution in [0.25, 0.3) is 16.6 Å². The Bertz CT molecular complexity index is 1040. The highest BCUT2D eigenvalue weighted by Crippen LogP contribution is 2.51. The maximum atomic E-state index is 11.8. The van der Waals surface area contributed by atoms with E-state index in [1.807, 2.05) is 27.8 Å². The van der Waals surface area contributed by atoms with Gasteiger partial charge in [-0.1, -0.05) is 23.2 Å². The predicted molar refractivity (Wildman–Crippen MR) is 99.3 cm³/mol. The number of benzene rings is 1. The second-order valence-electron chi connectivity index (χ2n) is 6.82. The van der Waals surface area contributed by atoms with E-state index in [1.54, 1.807) is 18.6 Å². The molecule has 0 radical (unpaired) electrons. The van der Waals surface area contributed by atoms with Gasteiger partial charge in [-0.15, -0.1) is 0 Å². The molecule has 26 heavy (non-hydrogen) atoms. The highest BCUT2D eigenvalue weighted by molar-refractivity contribution is 6.45. The van der Waals surface area contributed by atoms with Gasteiger partial charge in [0.05, 0.1) is 27.6 Å². The van der Waals surface area contributed by atoms with Crippen LogP contribution in [0, 0.1) is 11.8 Å². The Balaban J connectivity index is 1.74. The van der Waals surface area contributed by atoms with E-state index in [9.17, 15) is 9.90 Å². The van der Waals surface area contributed by atoms with Gasteiger partial charge in [0.25, 0.3) is 0 Å². The van der Waals surface area contributed by atoms with Crippen molar-refractivity contribution in [1.29, 1.82) is 0 Å². The van der Waals surface area contributed by atoms with Crippen LogP contribution < -0.4 is 4.90 Å². The fraction of sp³-hybridized carbons (Fsp3) is 0.278. The predicted octanol–water partition coefficient (Wildman–Crippen LogP) is 3.64. The van der Waals surface area contributed by atoms with Crippen LogP contribution in [0.3, 0.4) is 0 Å². The topological polar surface area (TPSA) is 71.2 Å². The first-order valence-electron chi connectivity index (χ1n) is 8.31. The molecule has 0 bridgehead atoms. The van der Waals surface area contributed by atoms with Gasteiger partial charge >= 0.3 is 5.97 Å². The minimum atomic E-state index is -0.807. The van der Waals surface area contributed by atoms with Gasteiger partial charge in [0.15, 0.2) is 0 Å². The molecule has 1 aliphatic carbocycles. The van der Waals surface area contributed by atoms with Gasteiger partial charge < -0.3 is 14.6 Å². The molecule has 0 spiro atoms. The minimum absolute atomic E-state index is 0.205. The minimum Gasteiger partial charge on any atom is -0.480 e. The molecule has 1 saturated carbocycles. The number of piperidine rings is 1. The van der Waals surface area contributed by atoms with Crippen LogP contribution in [0.5, 0.6) is 0 Å². The molecule has 0 amide bonds. The molecule has 8 heteroatoms. The third kappa shape index (κ3) is 2.29. The Morgan fingerprint density at radius 1 is 1.31 bits per heavy atom. The smallest absolute Gasteiger partial charge is 0.326 e. The quantitative estimate of drug-likeness (QED) is 0.741. The average molecular weight is 389 g/mol. The first-order chi connectivity index (χ1) is 12.5. The number of nitrogens with zero attached hydrogens (tertiary/aromatic N) is 4. The first-order valence-corrected chi connectivity index (χ1v) is 9.06. The summed E-state index contributed by atoms with van der Waals surface area (Å²) in [5, 5.41) is 11.3. The molecular weight excluding hydrogens is 375 g/mol. The zero-order valence-electron chi connectivity index (χ0n) is 13.5. The zero-order valence-corrected chi connectivity index (χ0v) is 15.0. The number of hydrogen-bond acceptors (Lipinski definition) is 4. The van der Waals surface area contributed by atoms with Gasteiger partial charge in [0.2, 0.25) is 0 Å². The molecule has 6 nitrogen and oxygen atoms in total. The fourth-order valence-corrected chi connectivity index (χ4v) is 4.34. The van der Waals surface area contributed by atoms with Gasteiger partial charge in [-0.05, 0) is 30.4 Å². The molecular formula is C18H14Cl2N4O2. The summed E-state index contributed by atoms with van der Waals surface area (Å²) < 4.78 is 1.87. The molecule has 1 N–H and O–H groups in total. The van der Waals surface area contributed by atoms with Crippen molar-refractivity contribution in [1.82, 2.24) is 14.5 Å². The molecule has 0 unspecified atom stereocenters. The number of fused-ring (bicyclic) bond motifs is 2. The van der Waals surface area contributed by atoms with E-state index in [0.29, 0.717) is 33.8 Å². The molecule has 2 aromatic heterocycles. The average Bonchev–Trinajstić information content (AvgIpc) is 3.05. The number of carbonyl (C=O) groups is 1. The number of carboxylic acids is 1. The lowest BCUT2D eigenvalue weighted by Crippen LogP contribution is -2.40. The van der Waals surface area contributed by atoms with E-state index in [1.165, 1.54) is 0 Å². The van der Waals surface area contributed by atoms with Crippen molar-refractivity contribution in [2.45, 2.75) is 12.5 Å². The molecule has 3 atom stereocenters. The molecule has 132 valence electrons. The Morgan fingerprint density at radius 3 is 2.88 bits per heavy atom. The number of pyridine rings is 1. The van der Waals surface area contributed by atoms with Crippen LogP contribution in [0.1, 0.15) is 6.42 Å². The Kier molecular flexibility index (Phi) is 3.42. The summed E-state index contributed by atoms with van der Waals surface area (Å²) in [4.78, 5) is 22.5. The molecule has 3 aromatic rings. The number of carboxylic acid groups (broad SMARTS) is 1. The number of aromatic nitrogens is 3. The lowest BCUT2D eigenvalue weighted by molar-refractivity contribution is -0.138.